The Kier molecular flexibility index (Phi) is 2.85. The van der Waals surface area contributed by atoms with Crippen LogP contribution in [0.2, 0.25) is 5.02 Å². The fraction of sp³-hybridized carbons (Fsp3) is 0.125. The molecule has 0 heterocycles. The molecule has 0 radical (unpaired) electrons. The van der Waals surface area contributed by atoms with Crippen molar-refractivity contribution in [2.45, 2.75) is 6.92 Å². The molecule has 0 aromatic heterocycles. The number of hydrogen-bond acceptors (Lipinski definition) is 1. The number of benzene rings is 1. The van der Waals surface area contributed by atoms with Gasteiger partial charge in [0.2, 0.25) is 0 Å². The van der Waals surface area contributed by atoms with Gasteiger partial charge in [-0.1, -0.05) is 11.6 Å². The molecule has 0 atom stereocenters. The number of ketones is 1. The molecule has 0 amide bonds. The Morgan fingerprint density at radius 1 is 1.58 bits per heavy atom. The highest BCUT2D eigenvalue weighted by Crippen LogP contribution is 2.27. The molecule has 12 heavy (non-hydrogen) atoms. The standard InChI is InChI=1S/C8H5BrClFO/c1-4(12)5-2-3-6(9)7(10)8(5)11/h2-3H,1H3. The smallest absolute Gasteiger partial charge is 0.162 e. The van der Waals surface area contributed by atoms with E-state index in [2.05, 4.69) is 15.9 Å². The van der Waals surface area contributed by atoms with Crippen LogP contribution in [0.25, 0.3) is 0 Å². The third kappa shape index (κ3) is 1.67. The topological polar surface area (TPSA) is 17.1 Å². The summed E-state index contributed by atoms with van der Waals surface area (Å²) in [6, 6.07) is 2.94. The van der Waals surface area contributed by atoms with Crippen molar-refractivity contribution in [2.24, 2.45) is 0 Å². The van der Waals surface area contributed by atoms with Crippen LogP contribution in [0.3, 0.4) is 0 Å². The lowest BCUT2D eigenvalue weighted by Gasteiger charge is -2.01. The molecule has 4 heteroatoms. The molecule has 0 aliphatic carbocycles. The van der Waals surface area contributed by atoms with Gasteiger partial charge in [0.15, 0.2) is 11.6 Å². The van der Waals surface area contributed by atoms with Crippen molar-refractivity contribution in [3.63, 3.8) is 0 Å². The van der Waals surface area contributed by atoms with Crippen LogP contribution < -0.4 is 0 Å². The van der Waals surface area contributed by atoms with Crippen molar-refractivity contribution in [3.05, 3.63) is 33.0 Å². The van der Waals surface area contributed by atoms with Gasteiger partial charge in [-0.2, -0.15) is 0 Å². The van der Waals surface area contributed by atoms with E-state index in [0.717, 1.165) is 0 Å². The zero-order valence-corrected chi connectivity index (χ0v) is 8.54. The predicted molar refractivity (Wildman–Crippen MR) is 49.1 cm³/mol. The minimum Gasteiger partial charge on any atom is -0.294 e. The Bertz CT molecular complexity index is 338. The van der Waals surface area contributed by atoms with Gasteiger partial charge >= 0.3 is 0 Å². The first-order valence-corrected chi connectivity index (χ1v) is 4.35. The molecular weight excluding hydrogens is 246 g/mol. The summed E-state index contributed by atoms with van der Waals surface area (Å²) in [6.07, 6.45) is 0. The lowest BCUT2D eigenvalue weighted by Crippen LogP contribution is -1.97. The van der Waals surface area contributed by atoms with Crippen LogP contribution in [0, 0.1) is 5.82 Å². The van der Waals surface area contributed by atoms with Gasteiger partial charge in [-0.25, -0.2) is 4.39 Å². The zero-order chi connectivity index (χ0) is 9.30. The summed E-state index contributed by atoms with van der Waals surface area (Å²) in [7, 11) is 0. The highest BCUT2D eigenvalue weighted by molar-refractivity contribution is 9.10. The monoisotopic (exact) mass is 250 g/mol. The molecule has 1 aromatic rings. The van der Waals surface area contributed by atoms with Gasteiger partial charge in [0, 0.05) is 4.47 Å². The molecular formula is C8H5BrClFO. The molecule has 1 aromatic carbocycles. The molecule has 1 rings (SSSR count). The van der Waals surface area contributed by atoms with E-state index in [1.807, 2.05) is 0 Å². The summed E-state index contributed by atoms with van der Waals surface area (Å²) in [4.78, 5) is 10.8. The van der Waals surface area contributed by atoms with Crippen LogP contribution in [0.15, 0.2) is 16.6 Å². The second-order valence-corrected chi connectivity index (χ2v) is 3.51. The van der Waals surface area contributed by atoms with Crippen LogP contribution >= 0.6 is 27.5 Å². The average molecular weight is 251 g/mol. The normalized spacial score (nSPS) is 10.0. The number of hydrogen-bond donors (Lipinski definition) is 0. The summed E-state index contributed by atoms with van der Waals surface area (Å²) in [6.45, 7) is 1.29. The number of carbonyl (C=O) groups is 1. The molecule has 0 N–H and O–H groups in total. The third-order valence-electron chi connectivity index (χ3n) is 1.41. The van der Waals surface area contributed by atoms with E-state index in [4.69, 9.17) is 11.6 Å². The maximum atomic E-state index is 13.1. The third-order valence-corrected chi connectivity index (χ3v) is 2.67. The number of Topliss-reactive ketones (excluding diaryl/α,β-unsaturated/α-hetero) is 1. The van der Waals surface area contributed by atoms with Gasteiger partial charge in [0.25, 0.3) is 0 Å². The van der Waals surface area contributed by atoms with Gasteiger partial charge in [-0.3, -0.25) is 4.79 Å². The first-order chi connectivity index (χ1) is 5.54. The Balaban J connectivity index is 3.36. The minimum absolute atomic E-state index is 0.0169. The van der Waals surface area contributed by atoms with E-state index in [1.165, 1.54) is 13.0 Å². The molecule has 0 bridgehead atoms. The number of halogens is 3. The zero-order valence-electron chi connectivity index (χ0n) is 6.20. The van der Waals surface area contributed by atoms with Crippen molar-refractivity contribution < 1.29 is 9.18 Å². The van der Waals surface area contributed by atoms with Crippen molar-refractivity contribution in [2.75, 3.05) is 0 Å². The highest BCUT2D eigenvalue weighted by Gasteiger charge is 2.12. The van der Waals surface area contributed by atoms with Gasteiger partial charge < -0.3 is 0 Å². The van der Waals surface area contributed by atoms with Crippen molar-refractivity contribution in [1.82, 2.24) is 0 Å². The second kappa shape index (κ2) is 3.54. The summed E-state index contributed by atoms with van der Waals surface area (Å²) < 4.78 is 13.6. The molecule has 0 saturated carbocycles. The lowest BCUT2D eigenvalue weighted by molar-refractivity contribution is 0.101. The number of rotatable bonds is 1. The SMILES string of the molecule is CC(=O)c1ccc(Br)c(Cl)c1F. The van der Waals surface area contributed by atoms with E-state index < -0.39 is 5.82 Å². The van der Waals surface area contributed by atoms with E-state index >= 15 is 0 Å². The molecule has 0 unspecified atom stereocenters. The molecule has 0 aliphatic heterocycles. The molecule has 1 nitrogen and oxygen atoms in total. The maximum Gasteiger partial charge on any atom is 0.162 e. The molecule has 0 fully saturated rings. The number of carbonyl (C=O) groups excluding carboxylic acids is 1. The second-order valence-electron chi connectivity index (χ2n) is 2.28. The van der Waals surface area contributed by atoms with Crippen molar-refractivity contribution >= 4 is 33.3 Å². The van der Waals surface area contributed by atoms with E-state index in [1.54, 1.807) is 6.07 Å². The van der Waals surface area contributed by atoms with Gasteiger partial charge in [-0.05, 0) is 35.0 Å². The molecule has 0 aliphatic rings. The lowest BCUT2D eigenvalue weighted by atomic mass is 10.1. The Morgan fingerprint density at radius 2 is 2.17 bits per heavy atom. The van der Waals surface area contributed by atoms with E-state index in [-0.39, 0.29) is 16.4 Å². The van der Waals surface area contributed by atoms with Gasteiger partial charge in [0.1, 0.15) is 0 Å². The fourth-order valence-corrected chi connectivity index (χ4v) is 1.27. The molecule has 0 spiro atoms. The predicted octanol–water partition coefficient (Wildman–Crippen LogP) is 3.44. The van der Waals surface area contributed by atoms with Gasteiger partial charge in [-0.15, -0.1) is 0 Å². The summed E-state index contributed by atoms with van der Waals surface area (Å²) in [5.41, 5.74) is 0.0169. The summed E-state index contributed by atoms with van der Waals surface area (Å²) >= 11 is 8.60. The van der Waals surface area contributed by atoms with Crippen LogP contribution in [0.1, 0.15) is 17.3 Å². The fourth-order valence-electron chi connectivity index (χ4n) is 0.798. The maximum absolute atomic E-state index is 13.1. The van der Waals surface area contributed by atoms with Gasteiger partial charge in [0.05, 0.1) is 10.6 Å². The summed E-state index contributed by atoms with van der Waals surface area (Å²) in [5.74, 6) is -1.000. The first-order valence-electron chi connectivity index (χ1n) is 3.18. The molecule has 64 valence electrons. The molecule has 0 saturated heterocycles. The average Bonchev–Trinajstić information content (AvgIpc) is 2.00. The van der Waals surface area contributed by atoms with Crippen LogP contribution in [0.4, 0.5) is 4.39 Å². The van der Waals surface area contributed by atoms with Crippen LogP contribution in [0.5, 0.6) is 0 Å². The minimum atomic E-state index is -0.668. The Labute approximate surface area is 82.7 Å². The largest absolute Gasteiger partial charge is 0.294 e. The quantitative estimate of drug-likeness (QED) is 0.552. The van der Waals surface area contributed by atoms with Crippen LogP contribution in [-0.4, -0.2) is 5.78 Å². The first kappa shape index (κ1) is 9.68. The van der Waals surface area contributed by atoms with Crippen molar-refractivity contribution in [3.8, 4) is 0 Å². The Morgan fingerprint density at radius 3 is 2.67 bits per heavy atom. The van der Waals surface area contributed by atoms with E-state index in [0.29, 0.717) is 4.47 Å². The highest BCUT2D eigenvalue weighted by atomic mass is 79.9. The van der Waals surface area contributed by atoms with Crippen LogP contribution in [-0.2, 0) is 0 Å². The van der Waals surface area contributed by atoms with Crippen molar-refractivity contribution in [1.29, 1.82) is 0 Å². The van der Waals surface area contributed by atoms with E-state index in [9.17, 15) is 9.18 Å². The summed E-state index contributed by atoms with van der Waals surface area (Å²) in [5, 5.41) is -0.0531. The Hall–Kier alpha value is -0.410.